The highest BCUT2D eigenvalue weighted by atomic mass is 19.4. The molecule has 0 spiro atoms. The van der Waals surface area contributed by atoms with Gasteiger partial charge in [-0.15, -0.1) is 0 Å². The molecule has 0 aliphatic heterocycles. The Bertz CT molecular complexity index is 512. The lowest BCUT2D eigenvalue weighted by Gasteiger charge is -2.28. The van der Waals surface area contributed by atoms with Gasteiger partial charge in [0.05, 0.1) is 12.2 Å². The van der Waals surface area contributed by atoms with E-state index in [1.54, 1.807) is 33.8 Å². The highest BCUT2D eigenvalue weighted by Crippen LogP contribution is 2.30. The van der Waals surface area contributed by atoms with Crippen molar-refractivity contribution >= 4 is 6.03 Å². The third kappa shape index (κ3) is 6.73. The van der Waals surface area contributed by atoms with E-state index in [0.717, 1.165) is 0 Å². The molecule has 8 heteroatoms. The minimum Gasteiger partial charge on any atom is -0.332 e. The van der Waals surface area contributed by atoms with Crippen molar-refractivity contribution in [3.8, 4) is 0 Å². The third-order valence-corrected chi connectivity index (χ3v) is 2.78. The summed E-state index contributed by atoms with van der Waals surface area (Å²) in [6, 6.07) is -1.17. The summed E-state index contributed by atoms with van der Waals surface area (Å²) in [4.78, 5) is 19.6. The number of nitrogens with zero attached hydrogens (tertiary/aromatic N) is 2. The molecule has 0 aromatic carbocycles. The molecule has 1 aromatic heterocycles. The van der Waals surface area contributed by atoms with Gasteiger partial charge in [-0.2, -0.15) is 13.2 Å². The second kappa shape index (κ2) is 6.93. The number of alkyl halides is 3. The molecular formula is C14H21F3N4O. The third-order valence-electron chi connectivity index (χ3n) is 2.78. The molecule has 1 aromatic rings. The van der Waals surface area contributed by atoms with E-state index in [2.05, 4.69) is 15.3 Å². The lowest BCUT2D eigenvalue weighted by Crippen LogP contribution is -2.50. The molecule has 0 unspecified atom stereocenters. The van der Waals surface area contributed by atoms with Crippen molar-refractivity contribution in [3.05, 3.63) is 23.8 Å². The number of aryl methyl sites for hydroxylation is 1. The minimum absolute atomic E-state index is 0.0370. The Morgan fingerprint density at radius 1 is 1.32 bits per heavy atom. The smallest absolute Gasteiger partial charge is 0.332 e. The fourth-order valence-electron chi connectivity index (χ4n) is 1.84. The first kappa shape index (κ1) is 18.2. The van der Waals surface area contributed by atoms with Crippen molar-refractivity contribution < 1.29 is 18.0 Å². The summed E-state index contributed by atoms with van der Waals surface area (Å²) in [5.41, 5.74) is -0.0286. The quantitative estimate of drug-likeness (QED) is 0.897. The maximum absolute atomic E-state index is 13.0. The van der Waals surface area contributed by atoms with Gasteiger partial charge in [0.25, 0.3) is 0 Å². The SMILES string of the molecule is Cc1nccc(CNC(=O)N[C@H](CC(C)(C)C)C(F)(F)F)n1. The highest BCUT2D eigenvalue weighted by molar-refractivity contribution is 5.74. The van der Waals surface area contributed by atoms with Crippen LogP contribution in [0.5, 0.6) is 0 Å². The van der Waals surface area contributed by atoms with E-state index in [9.17, 15) is 18.0 Å². The van der Waals surface area contributed by atoms with E-state index in [4.69, 9.17) is 0 Å². The van der Waals surface area contributed by atoms with Crippen LogP contribution in [0.1, 0.15) is 38.7 Å². The molecule has 2 N–H and O–H groups in total. The van der Waals surface area contributed by atoms with Crippen LogP contribution in [0.4, 0.5) is 18.0 Å². The standard InChI is InChI=1S/C14H21F3N4O/c1-9-18-6-5-10(20-9)8-19-12(22)21-11(14(15,16)17)7-13(2,3)4/h5-6,11H,7-8H2,1-4H3,(H2,19,21,22)/t11-/m1/s1. The zero-order valence-corrected chi connectivity index (χ0v) is 13.1. The largest absolute Gasteiger partial charge is 0.408 e. The average molecular weight is 318 g/mol. The lowest BCUT2D eigenvalue weighted by atomic mass is 9.88. The van der Waals surface area contributed by atoms with Crippen LogP contribution in [0.3, 0.4) is 0 Å². The number of amides is 2. The van der Waals surface area contributed by atoms with E-state index in [-0.39, 0.29) is 13.0 Å². The van der Waals surface area contributed by atoms with Gasteiger partial charge in [0.15, 0.2) is 0 Å². The molecule has 0 aliphatic rings. The van der Waals surface area contributed by atoms with Crippen molar-refractivity contribution in [2.75, 3.05) is 0 Å². The van der Waals surface area contributed by atoms with Crippen LogP contribution in [0.25, 0.3) is 0 Å². The van der Waals surface area contributed by atoms with Crippen LogP contribution < -0.4 is 10.6 Å². The zero-order valence-electron chi connectivity index (χ0n) is 13.1. The van der Waals surface area contributed by atoms with Gasteiger partial charge < -0.3 is 10.6 Å². The Kier molecular flexibility index (Phi) is 5.73. The fraction of sp³-hybridized carbons (Fsp3) is 0.643. The van der Waals surface area contributed by atoms with Crippen LogP contribution in [0.2, 0.25) is 0 Å². The number of hydrogen-bond donors (Lipinski definition) is 2. The van der Waals surface area contributed by atoms with Gasteiger partial charge >= 0.3 is 12.2 Å². The van der Waals surface area contributed by atoms with Crippen molar-refractivity contribution in [2.45, 2.75) is 52.9 Å². The predicted octanol–water partition coefficient (Wildman–Crippen LogP) is 2.95. The van der Waals surface area contributed by atoms with E-state index >= 15 is 0 Å². The molecule has 2 amide bonds. The molecule has 22 heavy (non-hydrogen) atoms. The molecule has 0 aliphatic carbocycles. The van der Waals surface area contributed by atoms with Gasteiger partial charge in [0, 0.05) is 6.20 Å². The van der Waals surface area contributed by atoms with E-state index in [0.29, 0.717) is 11.5 Å². The number of halogens is 3. The van der Waals surface area contributed by atoms with Crippen LogP contribution in [0, 0.1) is 12.3 Å². The first-order valence-electron chi connectivity index (χ1n) is 6.87. The first-order chi connectivity index (χ1) is 9.97. The summed E-state index contributed by atoms with van der Waals surface area (Å²) in [5.74, 6) is 0.528. The van der Waals surface area contributed by atoms with Gasteiger partial charge in [-0.25, -0.2) is 14.8 Å². The van der Waals surface area contributed by atoms with Crippen LogP contribution >= 0.6 is 0 Å². The molecule has 1 atom stereocenters. The summed E-state index contributed by atoms with van der Waals surface area (Å²) < 4.78 is 38.9. The molecule has 0 saturated carbocycles. The highest BCUT2D eigenvalue weighted by Gasteiger charge is 2.42. The molecule has 0 radical (unpaired) electrons. The summed E-state index contributed by atoms with van der Waals surface area (Å²) in [6.07, 6.45) is -3.16. The number of carbonyl (C=O) groups excluding carboxylic acids is 1. The number of urea groups is 1. The van der Waals surface area contributed by atoms with Gasteiger partial charge in [0.1, 0.15) is 11.9 Å². The number of carbonyl (C=O) groups is 1. The number of aromatic nitrogens is 2. The Balaban J connectivity index is 2.60. The minimum atomic E-state index is -4.49. The van der Waals surface area contributed by atoms with Gasteiger partial charge in [0.2, 0.25) is 0 Å². The van der Waals surface area contributed by atoms with Crippen molar-refractivity contribution in [1.29, 1.82) is 0 Å². The lowest BCUT2D eigenvalue weighted by molar-refractivity contribution is -0.159. The Labute approximate surface area is 127 Å². The molecule has 1 heterocycles. The van der Waals surface area contributed by atoms with Gasteiger partial charge in [-0.3, -0.25) is 0 Å². The van der Waals surface area contributed by atoms with E-state index < -0.39 is 23.7 Å². The number of rotatable bonds is 4. The fourth-order valence-corrected chi connectivity index (χ4v) is 1.84. The average Bonchev–Trinajstić information content (AvgIpc) is 2.33. The molecule has 124 valence electrons. The summed E-state index contributed by atoms with van der Waals surface area (Å²) in [6.45, 7) is 6.79. The van der Waals surface area contributed by atoms with Crippen molar-refractivity contribution in [2.24, 2.45) is 5.41 Å². The Morgan fingerprint density at radius 2 is 1.95 bits per heavy atom. The molecule has 5 nitrogen and oxygen atoms in total. The molecule has 0 fully saturated rings. The number of nitrogens with one attached hydrogen (secondary N) is 2. The monoisotopic (exact) mass is 318 g/mol. The van der Waals surface area contributed by atoms with Crippen LogP contribution in [-0.2, 0) is 6.54 Å². The Hall–Kier alpha value is -1.86. The molecule has 1 rings (SSSR count). The molecular weight excluding hydrogens is 297 g/mol. The van der Waals surface area contributed by atoms with Crippen LogP contribution in [0.15, 0.2) is 12.3 Å². The predicted molar refractivity (Wildman–Crippen MR) is 76.1 cm³/mol. The van der Waals surface area contributed by atoms with E-state index in [1.165, 1.54) is 6.20 Å². The van der Waals surface area contributed by atoms with Gasteiger partial charge in [-0.1, -0.05) is 20.8 Å². The van der Waals surface area contributed by atoms with Gasteiger partial charge in [-0.05, 0) is 24.8 Å². The number of hydrogen-bond acceptors (Lipinski definition) is 3. The zero-order chi connectivity index (χ0) is 17.0. The second-order valence-electron chi connectivity index (χ2n) is 6.28. The Morgan fingerprint density at radius 3 is 2.45 bits per heavy atom. The maximum atomic E-state index is 13.0. The summed E-state index contributed by atoms with van der Waals surface area (Å²) >= 11 is 0. The van der Waals surface area contributed by atoms with Crippen molar-refractivity contribution in [1.82, 2.24) is 20.6 Å². The second-order valence-corrected chi connectivity index (χ2v) is 6.28. The molecule has 0 saturated heterocycles. The normalized spacial score (nSPS) is 13.6. The van der Waals surface area contributed by atoms with Crippen molar-refractivity contribution in [3.63, 3.8) is 0 Å². The van der Waals surface area contributed by atoms with Crippen LogP contribution in [-0.4, -0.2) is 28.2 Å². The first-order valence-corrected chi connectivity index (χ1v) is 6.87. The summed E-state index contributed by atoms with van der Waals surface area (Å²) in [5, 5.41) is 4.35. The topological polar surface area (TPSA) is 66.9 Å². The summed E-state index contributed by atoms with van der Waals surface area (Å²) in [7, 11) is 0. The maximum Gasteiger partial charge on any atom is 0.408 e. The van der Waals surface area contributed by atoms with E-state index in [1.807, 2.05) is 5.32 Å². The molecule has 0 bridgehead atoms.